The zero-order chi connectivity index (χ0) is 19.9. The van der Waals surface area contributed by atoms with E-state index in [0.717, 1.165) is 18.4 Å². The first-order chi connectivity index (χ1) is 13.4. The number of piperidine rings is 1. The van der Waals surface area contributed by atoms with Gasteiger partial charge in [0.2, 0.25) is 0 Å². The molecule has 1 aliphatic heterocycles. The largest absolute Gasteiger partial charge is 0.393 e. The number of aromatic amines is 1. The molecule has 2 fully saturated rings. The third kappa shape index (κ3) is 3.47. The van der Waals surface area contributed by atoms with Crippen molar-refractivity contribution in [3.8, 4) is 0 Å². The van der Waals surface area contributed by atoms with Crippen LogP contribution in [0.4, 0.5) is 0 Å². The number of β-amino-alcohol motifs (C(OH)–C–C–N with tert-alkyl or cyclic N) is 1. The van der Waals surface area contributed by atoms with Crippen molar-refractivity contribution < 1.29 is 20.1 Å². The molecular formula is C20H27N3O5. The van der Waals surface area contributed by atoms with Gasteiger partial charge in [0, 0.05) is 18.2 Å². The van der Waals surface area contributed by atoms with E-state index in [1.807, 2.05) is 0 Å². The summed E-state index contributed by atoms with van der Waals surface area (Å²) in [5.74, 6) is -0.220. The summed E-state index contributed by atoms with van der Waals surface area (Å²) in [6.07, 6.45) is 3.68. The van der Waals surface area contributed by atoms with Gasteiger partial charge >= 0.3 is 5.69 Å². The van der Waals surface area contributed by atoms with Crippen LogP contribution in [0.1, 0.15) is 54.9 Å². The van der Waals surface area contributed by atoms with Gasteiger partial charge in [0.15, 0.2) is 0 Å². The lowest BCUT2D eigenvalue weighted by Crippen LogP contribution is -2.52. The molecule has 8 nitrogen and oxygen atoms in total. The second-order valence-corrected chi connectivity index (χ2v) is 8.21. The van der Waals surface area contributed by atoms with E-state index in [9.17, 15) is 24.9 Å². The van der Waals surface area contributed by atoms with Crippen LogP contribution < -0.4 is 5.69 Å². The fourth-order valence-corrected chi connectivity index (χ4v) is 4.54. The van der Waals surface area contributed by atoms with Gasteiger partial charge in [-0.15, -0.1) is 0 Å². The van der Waals surface area contributed by atoms with E-state index in [2.05, 4.69) is 4.98 Å². The van der Waals surface area contributed by atoms with Crippen LogP contribution in [0.3, 0.4) is 0 Å². The summed E-state index contributed by atoms with van der Waals surface area (Å²) in [6.45, 7) is 0.255. The second kappa shape index (κ2) is 7.35. The number of nitrogens with one attached hydrogen (secondary N) is 1. The molecule has 1 aliphatic carbocycles. The number of imidazole rings is 1. The molecule has 4 N–H and O–H groups in total. The summed E-state index contributed by atoms with van der Waals surface area (Å²) in [5.41, 5.74) is 0.363. The average molecular weight is 389 g/mol. The highest BCUT2D eigenvalue weighted by molar-refractivity contribution is 5.97. The van der Waals surface area contributed by atoms with Gasteiger partial charge in [-0.25, -0.2) is 4.79 Å². The van der Waals surface area contributed by atoms with Gasteiger partial charge in [-0.3, -0.25) is 9.36 Å². The molecule has 1 unspecified atom stereocenters. The van der Waals surface area contributed by atoms with Crippen LogP contribution in [-0.2, 0) is 0 Å². The van der Waals surface area contributed by atoms with Crippen molar-refractivity contribution in [2.24, 2.45) is 0 Å². The Morgan fingerprint density at radius 2 is 2.00 bits per heavy atom. The molecule has 2 aliphatic rings. The van der Waals surface area contributed by atoms with Crippen molar-refractivity contribution in [1.82, 2.24) is 14.5 Å². The maximum absolute atomic E-state index is 12.9. The topological polar surface area (TPSA) is 119 Å². The van der Waals surface area contributed by atoms with Gasteiger partial charge in [-0.1, -0.05) is 0 Å². The zero-order valence-electron chi connectivity index (χ0n) is 15.8. The normalized spacial score (nSPS) is 28.6. The van der Waals surface area contributed by atoms with Crippen LogP contribution in [-0.4, -0.2) is 67.1 Å². The quantitative estimate of drug-likeness (QED) is 0.618. The molecule has 0 bridgehead atoms. The molecule has 0 radical (unpaired) electrons. The number of carbonyl (C=O) groups is 1. The molecule has 2 heterocycles. The number of nitrogens with zero attached hydrogens (tertiary/aromatic N) is 2. The van der Waals surface area contributed by atoms with E-state index >= 15 is 0 Å². The van der Waals surface area contributed by atoms with Gasteiger partial charge in [-0.05, 0) is 56.7 Å². The van der Waals surface area contributed by atoms with E-state index in [1.54, 1.807) is 27.7 Å². The Morgan fingerprint density at radius 1 is 1.25 bits per heavy atom. The highest BCUT2D eigenvalue weighted by atomic mass is 16.3. The predicted octanol–water partition coefficient (Wildman–Crippen LogP) is 0.765. The lowest BCUT2D eigenvalue weighted by Gasteiger charge is -2.38. The van der Waals surface area contributed by atoms with Crippen molar-refractivity contribution in [1.29, 1.82) is 0 Å². The first-order valence-electron chi connectivity index (χ1n) is 9.95. The molecule has 1 aromatic carbocycles. The number of H-pyrrole nitrogens is 1. The van der Waals surface area contributed by atoms with Crippen molar-refractivity contribution in [3.63, 3.8) is 0 Å². The summed E-state index contributed by atoms with van der Waals surface area (Å²) in [7, 11) is 0. The van der Waals surface area contributed by atoms with Crippen molar-refractivity contribution in [3.05, 3.63) is 34.2 Å². The molecule has 0 spiro atoms. The van der Waals surface area contributed by atoms with Crippen LogP contribution in [0.5, 0.6) is 0 Å². The number of aliphatic hydroxyl groups is 3. The van der Waals surface area contributed by atoms with E-state index in [1.165, 1.54) is 0 Å². The molecule has 1 aromatic heterocycles. The third-order valence-electron chi connectivity index (χ3n) is 6.13. The Balaban J connectivity index is 1.60. The fraction of sp³-hybridized carbons (Fsp3) is 0.600. The number of benzene rings is 1. The smallest absolute Gasteiger partial charge is 0.326 e. The molecule has 1 amide bonds. The molecule has 8 heteroatoms. The van der Waals surface area contributed by atoms with E-state index in [4.69, 9.17) is 0 Å². The van der Waals surface area contributed by atoms with Crippen LogP contribution in [0, 0.1) is 0 Å². The van der Waals surface area contributed by atoms with Crippen molar-refractivity contribution in [2.75, 3.05) is 19.7 Å². The fourth-order valence-electron chi connectivity index (χ4n) is 4.54. The third-order valence-corrected chi connectivity index (χ3v) is 6.13. The monoisotopic (exact) mass is 389 g/mol. The maximum Gasteiger partial charge on any atom is 0.326 e. The molecule has 1 saturated carbocycles. The summed E-state index contributed by atoms with van der Waals surface area (Å²) in [5, 5.41) is 29.4. The van der Waals surface area contributed by atoms with E-state index in [0.29, 0.717) is 43.3 Å². The highest BCUT2D eigenvalue weighted by Gasteiger charge is 2.35. The SMILES string of the molecule is O=C(c1ccc2c(c1)[nH]c(=O)n2C1CCC(O)CC1)N1CCCC(O)(CO)C1. The van der Waals surface area contributed by atoms with Gasteiger partial charge in [0.25, 0.3) is 5.91 Å². The van der Waals surface area contributed by atoms with Crippen molar-refractivity contribution >= 4 is 16.9 Å². The molecule has 4 rings (SSSR count). The number of hydrogen-bond donors (Lipinski definition) is 4. The number of fused-ring (bicyclic) bond motifs is 1. The van der Waals surface area contributed by atoms with Crippen LogP contribution in [0.25, 0.3) is 11.0 Å². The standard InChI is InChI=1S/C20H27N3O5/c24-12-20(28)8-1-9-22(11-20)18(26)13-2-7-17-16(10-13)21-19(27)23(17)14-3-5-15(25)6-4-14/h2,7,10,14-15,24-25,28H,1,3-6,8-9,11-12H2,(H,21,27). The van der Waals surface area contributed by atoms with E-state index in [-0.39, 0.29) is 36.9 Å². The first kappa shape index (κ1) is 19.2. The van der Waals surface area contributed by atoms with Gasteiger partial charge in [-0.2, -0.15) is 0 Å². The lowest BCUT2D eigenvalue weighted by atomic mass is 9.93. The predicted molar refractivity (Wildman–Crippen MR) is 103 cm³/mol. The minimum absolute atomic E-state index is 0.0489. The number of hydrogen-bond acceptors (Lipinski definition) is 5. The van der Waals surface area contributed by atoms with Crippen LogP contribution in [0.15, 0.2) is 23.0 Å². The molecule has 1 saturated heterocycles. The number of amides is 1. The summed E-state index contributed by atoms with van der Waals surface area (Å²) in [6, 6.07) is 5.22. The number of aliphatic hydroxyl groups excluding tert-OH is 2. The number of likely N-dealkylation sites (tertiary alicyclic amines) is 1. The molecular weight excluding hydrogens is 362 g/mol. The second-order valence-electron chi connectivity index (χ2n) is 8.21. The molecule has 1 atom stereocenters. The minimum Gasteiger partial charge on any atom is -0.393 e. The van der Waals surface area contributed by atoms with E-state index < -0.39 is 5.60 Å². The summed E-state index contributed by atoms with van der Waals surface area (Å²) in [4.78, 5) is 29.8. The minimum atomic E-state index is -1.25. The molecule has 28 heavy (non-hydrogen) atoms. The zero-order valence-corrected chi connectivity index (χ0v) is 15.8. The van der Waals surface area contributed by atoms with Gasteiger partial charge in [0.1, 0.15) is 5.60 Å². The maximum atomic E-state index is 12.9. The Morgan fingerprint density at radius 3 is 2.71 bits per heavy atom. The van der Waals surface area contributed by atoms with Crippen LogP contribution in [0.2, 0.25) is 0 Å². The Labute approximate surface area is 162 Å². The molecule has 152 valence electrons. The average Bonchev–Trinajstić information content (AvgIpc) is 3.03. The number of aromatic nitrogens is 2. The first-order valence-corrected chi connectivity index (χ1v) is 9.95. The van der Waals surface area contributed by atoms with Crippen molar-refractivity contribution in [2.45, 2.75) is 56.3 Å². The van der Waals surface area contributed by atoms with Gasteiger partial charge < -0.3 is 25.2 Å². The number of carbonyl (C=O) groups excluding carboxylic acids is 1. The summed E-state index contributed by atoms with van der Waals surface area (Å²) >= 11 is 0. The Bertz CT molecular complexity index is 928. The Kier molecular flexibility index (Phi) is 5.03. The highest BCUT2D eigenvalue weighted by Crippen LogP contribution is 2.30. The molecule has 2 aromatic rings. The van der Waals surface area contributed by atoms with Gasteiger partial charge in [0.05, 0.1) is 30.3 Å². The Hall–Kier alpha value is -2.16. The van der Waals surface area contributed by atoms with Crippen LogP contribution >= 0.6 is 0 Å². The lowest BCUT2D eigenvalue weighted by molar-refractivity contribution is -0.0598. The number of rotatable bonds is 3. The summed E-state index contributed by atoms with van der Waals surface area (Å²) < 4.78 is 1.74.